The van der Waals surface area contributed by atoms with E-state index in [4.69, 9.17) is 11.1 Å². The molecule has 0 aliphatic heterocycles. The van der Waals surface area contributed by atoms with Crippen molar-refractivity contribution < 1.29 is 31.1 Å². The van der Waals surface area contributed by atoms with Crippen LogP contribution in [0.1, 0.15) is 11.1 Å². The van der Waals surface area contributed by atoms with Gasteiger partial charge in [-0.3, -0.25) is 5.41 Å². The second kappa shape index (κ2) is 4.98. The van der Waals surface area contributed by atoms with Crippen LogP contribution < -0.4 is 10.5 Å². The minimum Gasteiger partial charge on any atom is -0.486 e. The summed E-state index contributed by atoms with van der Waals surface area (Å²) in [5.74, 6) is -1.18. The number of benzene rings is 1. The highest BCUT2D eigenvalue weighted by Gasteiger charge is 2.37. The van der Waals surface area contributed by atoms with Crippen LogP contribution in [0.15, 0.2) is 18.2 Å². The average molecular weight is 286 g/mol. The van der Waals surface area contributed by atoms with E-state index in [9.17, 15) is 26.3 Å². The highest BCUT2D eigenvalue weighted by atomic mass is 19.4. The van der Waals surface area contributed by atoms with Gasteiger partial charge < -0.3 is 10.5 Å². The van der Waals surface area contributed by atoms with Gasteiger partial charge in [-0.25, -0.2) is 0 Å². The highest BCUT2D eigenvalue weighted by Crippen LogP contribution is 2.38. The Kier molecular flexibility index (Phi) is 3.97. The zero-order valence-corrected chi connectivity index (χ0v) is 9.19. The van der Waals surface area contributed by atoms with E-state index in [0.29, 0.717) is 12.1 Å². The Labute approximate surface area is 103 Å². The lowest BCUT2D eigenvalue weighted by Gasteiger charge is -2.14. The first-order valence-corrected chi connectivity index (χ1v) is 4.75. The van der Waals surface area contributed by atoms with Crippen molar-refractivity contribution in [1.29, 1.82) is 5.41 Å². The van der Waals surface area contributed by atoms with Gasteiger partial charge in [0.2, 0.25) is 0 Å². The maximum Gasteiger partial charge on any atom is 0.416 e. The maximum atomic E-state index is 12.4. The minimum atomic E-state index is -4.93. The lowest BCUT2D eigenvalue weighted by atomic mass is 10.1. The van der Waals surface area contributed by atoms with E-state index in [-0.39, 0.29) is 6.07 Å². The Morgan fingerprint density at radius 2 is 1.42 bits per heavy atom. The van der Waals surface area contributed by atoms with Gasteiger partial charge in [0, 0.05) is 0 Å². The van der Waals surface area contributed by atoms with Gasteiger partial charge in [0.05, 0.1) is 11.1 Å². The van der Waals surface area contributed by atoms with Crippen LogP contribution >= 0.6 is 0 Å². The van der Waals surface area contributed by atoms with Gasteiger partial charge in [0.15, 0.2) is 0 Å². The largest absolute Gasteiger partial charge is 0.486 e. The maximum absolute atomic E-state index is 12.4. The number of amidine groups is 1. The van der Waals surface area contributed by atoms with Crippen molar-refractivity contribution in [1.82, 2.24) is 0 Å². The molecule has 0 heterocycles. The monoisotopic (exact) mass is 286 g/mol. The van der Waals surface area contributed by atoms with Crippen molar-refractivity contribution in [2.75, 3.05) is 6.61 Å². The van der Waals surface area contributed by atoms with E-state index in [0.717, 1.165) is 0 Å². The molecule has 1 aromatic carbocycles. The standard InChI is InChI=1S/C10H8F6N2O/c11-9(12,13)5-1-6(10(14,15)16)3-7(2-5)19-4-8(17)18/h1-3H,4H2,(H3,17,18). The highest BCUT2D eigenvalue weighted by molar-refractivity contribution is 5.78. The van der Waals surface area contributed by atoms with Crippen LogP contribution in [0.4, 0.5) is 26.3 Å². The zero-order valence-electron chi connectivity index (χ0n) is 9.19. The Morgan fingerprint density at radius 3 is 1.74 bits per heavy atom. The SMILES string of the molecule is N=C(N)COc1cc(C(F)(F)F)cc(C(F)(F)F)c1. The van der Waals surface area contributed by atoms with E-state index >= 15 is 0 Å². The Bertz CT molecular complexity index is 448. The molecule has 9 heteroatoms. The van der Waals surface area contributed by atoms with Crippen LogP contribution in [0.3, 0.4) is 0 Å². The summed E-state index contributed by atoms with van der Waals surface area (Å²) in [6.45, 7) is -0.599. The van der Waals surface area contributed by atoms with Crippen molar-refractivity contribution in [3.63, 3.8) is 0 Å². The Balaban J connectivity index is 3.21. The van der Waals surface area contributed by atoms with Crippen LogP contribution in [0, 0.1) is 5.41 Å². The third kappa shape index (κ3) is 4.34. The number of hydrogen-bond acceptors (Lipinski definition) is 2. The molecule has 0 bridgehead atoms. The number of rotatable bonds is 3. The number of ether oxygens (including phenoxy) is 1. The zero-order chi connectivity index (χ0) is 14.8. The van der Waals surface area contributed by atoms with Gasteiger partial charge in [-0.05, 0) is 18.2 Å². The molecule has 0 amide bonds. The summed E-state index contributed by atoms with van der Waals surface area (Å²) < 4.78 is 79.3. The molecule has 0 radical (unpaired) electrons. The van der Waals surface area contributed by atoms with Crippen molar-refractivity contribution in [3.8, 4) is 5.75 Å². The van der Waals surface area contributed by atoms with Crippen molar-refractivity contribution in [2.24, 2.45) is 5.73 Å². The Morgan fingerprint density at radius 1 is 1.00 bits per heavy atom. The van der Waals surface area contributed by atoms with Gasteiger partial charge in [0.1, 0.15) is 18.2 Å². The fourth-order valence-electron chi connectivity index (χ4n) is 1.17. The number of nitrogens with one attached hydrogen (secondary N) is 1. The van der Waals surface area contributed by atoms with E-state index < -0.39 is 41.7 Å². The number of nitrogens with two attached hydrogens (primary N) is 1. The van der Waals surface area contributed by atoms with E-state index in [2.05, 4.69) is 4.74 Å². The van der Waals surface area contributed by atoms with Crippen LogP contribution in [0.2, 0.25) is 0 Å². The number of alkyl halides is 6. The van der Waals surface area contributed by atoms with Crippen LogP contribution in [-0.4, -0.2) is 12.4 Å². The molecule has 0 atom stereocenters. The molecule has 0 fully saturated rings. The first kappa shape index (κ1) is 15.1. The summed E-state index contributed by atoms with van der Waals surface area (Å²) in [5, 5.41) is 6.80. The molecular formula is C10H8F6N2O. The summed E-state index contributed by atoms with van der Waals surface area (Å²) in [4.78, 5) is 0. The van der Waals surface area contributed by atoms with Gasteiger partial charge in [-0.2, -0.15) is 26.3 Å². The molecule has 106 valence electrons. The number of halogens is 6. The smallest absolute Gasteiger partial charge is 0.416 e. The van der Waals surface area contributed by atoms with Crippen molar-refractivity contribution in [2.45, 2.75) is 12.4 Å². The summed E-state index contributed by atoms with van der Waals surface area (Å²) in [5.41, 5.74) is 1.93. The second-order valence-electron chi connectivity index (χ2n) is 3.56. The fraction of sp³-hybridized carbons (Fsp3) is 0.300. The van der Waals surface area contributed by atoms with Crippen molar-refractivity contribution >= 4 is 5.84 Å². The molecule has 3 N–H and O–H groups in total. The second-order valence-corrected chi connectivity index (χ2v) is 3.56. The molecule has 0 aliphatic rings. The summed E-state index contributed by atoms with van der Waals surface area (Å²) in [6.07, 6.45) is -9.87. The van der Waals surface area contributed by atoms with Gasteiger partial charge in [-0.1, -0.05) is 0 Å². The third-order valence-electron chi connectivity index (χ3n) is 1.96. The van der Waals surface area contributed by atoms with Crippen molar-refractivity contribution in [3.05, 3.63) is 29.3 Å². The molecule has 1 aromatic rings. The third-order valence-corrected chi connectivity index (χ3v) is 1.96. The predicted octanol–water partition coefficient (Wildman–Crippen LogP) is 3.04. The van der Waals surface area contributed by atoms with Gasteiger partial charge in [-0.15, -0.1) is 0 Å². The fourth-order valence-corrected chi connectivity index (χ4v) is 1.17. The van der Waals surface area contributed by atoms with E-state index in [1.807, 2.05) is 0 Å². The molecule has 0 aromatic heterocycles. The normalized spacial score (nSPS) is 12.3. The van der Waals surface area contributed by atoms with Gasteiger partial charge >= 0.3 is 12.4 Å². The van der Waals surface area contributed by atoms with E-state index in [1.165, 1.54) is 0 Å². The molecule has 0 saturated carbocycles. The molecule has 19 heavy (non-hydrogen) atoms. The molecule has 0 spiro atoms. The molecule has 0 saturated heterocycles. The quantitative estimate of drug-likeness (QED) is 0.509. The molecule has 1 rings (SSSR count). The lowest BCUT2D eigenvalue weighted by molar-refractivity contribution is -0.143. The van der Waals surface area contributed by atoms with Crippen LogP contribution in [-0.2, 0) is 12.4 Å². The van der Waals surface area contributed by atoms with Crippen LogP contribution in [0.25, 0.3) is 0 Å². The summed E-state index contributed by atoms with van der Waals surface area (Å²) >= 11 is 0. The van der Waals surface area contributed by atoms with E-state index in [1.54, 1.807) is 0 Å². The molecule has 3 nitrogen and oxygen atoms in total. The number of hydrogen-bond donors (Lipinski definition) is 2. The summed E-state index contributed by atoms with van der Waals surface area (Å²) in [7, 11) is 0. The van der Waals surface area contributed by atoms with Gasteiger partial charge in [0.25, 0.3) is 0 Å². The lowest BCUT2D eigenvalue weighted by Crippen LogP contribution is -2.20. The first-order valence-electron chi connectivity index (χ1n) is 4.75. The van der Waals surface area contributed by atoms with Crippen LogP contribution in [0.5, 0.6) is 5.75 Å². The molecular weight excluding hydrogens is 278 g/mol. The Hall–Kier alpha value is -1.93. The average Bonchev–Trinajstić information content (AvgIpc) is 2.23. The predicted molar refractivity (Wildman–Crippen MR) is 53.9 cm³/mol. The molecule has 0 aliphatic carbocycles. The topological polar surface area (TPSA) is 59.1 Å². The molecule has 0 unspecified atom stereocenters. The summed E-state index contributed by atoms with van der Waals surface area (Å²) in [6, 6.07) is 0.816. The minimum absolute atomic E-state index is 0.0133. The first-order chi connectivity index (χ1) is 8.50.